The number of carbonyl (C=O) groups is 1. The fourth-order valence-corrected chi connectivity index (χ4v) is 4.33. The van der Waals surface area contributed by atoms with Crippen LogP contribution in [0, 0.1) is 6.92 Å². The third-order valence-electron chi connectivity index (χ3n) is 4.67. The second kappa shape index (κ2) is 8.75. The van der Waals surface area contributed by atoms with Gasteiger partial charge in [-0.25, -0.2) is 0 Å². The fraction of sp³-hybridized carbons (Fsp3) is 0.381. The average molecular weight is 413 g/mol. The average Bonchev–Trinajstić information content (AvgIpc) is 3.31. The molecule has 0 radical (unpaired) electrons. The molecular formula is C21H23N3O4S. The Morgan fingerprint density at radius 2 is 2.14 bits per heavy atom. The highest BCUT2D eigenvalue weighted by atomic mass is 32.1. The molecule has 2 aromatic heterocycles. The Morgan fingerprint density at radius 3 is 2.86 bits per heavy atom. The zero-order valence-electron chi connectivity index (χ0n) is 16.5. The molecule has 0 atom stereocenters. The van der Waals surface area contributed by atoms with E-state index in [1.165, 1.54) is 11.3 Å². The van der Waals surface area contributed by atoms with Crippen molar-refractivity contribution < 1.29 is 18.8 Å². The summed E-state index contributed by atoms with van der Waals surface area (Å²) >= 11 is 1.50. The van der Waals surface area contributed by atoms with Gasteiger partial charge >= 0.3 is 0 Å². The van der Waals surface area contributed by atoms with E-state index < -0.39 is 0 Å². The summed E-state index contributed by atoms with van der Waals surface area (Å²) in [7, 11) is 0. The summed E-state index contributed by atoms with van der Waals surface area (Å²) in [5.41, 5.74) is 2.48. The summed E-state index contributed by atoms with van der Waals surface area (Å²) in [5.74, 6) is 1.56. The zero-order valence-corrected chi connectivity index (χ0v) is 17.3. The number of hydrogen-bond donors (Lipinski definition) is 1. The molecular weight excluding hydrogens is 390 g/mol. The molecule has 1 amide bonds. The van der Waals surface area contributed by atoms with E-state index in [9.17, 15) is 4.79 Å². The molecule has 1 aliphatic heterocycles. The first-order valence-electron chi connectivity index (χ1n) is 9.73. The Kier molecular flexibility index (Phi) is 5.92. The highest BCUT2D eigenvalue weighted by Crippen LogP contribution is 2.42. The standard InChI is InChI=1S/C21H23N3O4S/c1-3-4-10-27-15-7-5-14(6-8-15)19(25)23-21-18(20-22-13(2)24-28-20)16-9-11-26-12-17(16)29-21/h5-8H,3-4,9-12H2,1-2H3,(H,23,25). The number of carbonyl (C=O) groups excluding carboxylic acids is 1. The van der Waals surface area contributed by atoms with E-state index in [0.29, 0.717) is 42.1 Å². The van der Waals surface area contributed by atoms with Gasteiger partial charge in [-0.15, -0.1) is 11.3 Å². The number of aromatic nitrogens is 2. The second-order valence-corrected chi connectivity index (χ2v) is 7.94. The first kappa shape index (κ1) is 19.6. The third-order valence-corrected chi connectivity index (χ3v) is 5.79. The van der Waals surface area contributed by atoms with E-state index in [-0.39, 0.29) is 5.91 Å². The molecule has 8 heteroatoms. The summed E-state index contributed by atoms with van der Waals surface area (Å²) in [6, 6.07) is 7.17. The maximum atomic E-state index is 12.8. The van der Waals surface area contributed by atoms with Crippen LogP contribution < -0.4 is 10.1 Å². The highest BCUT2D eigenvalue weighted by Gasteiger charge is 2.27. The number of fused-ring (bicyclic) bond motifs is 1. The molecule has 1 aliphatic rings. The lowest BCUT2D eigenvalue weighted by molar-refractivity contribution is 0.102. The monoisotopic (exact) mass is 413 g/mol. The van der Waals surface area contributed by atoms with Gasteiger partial charge in [0.05, 0.1) is 25.4 Å². The van der Waals surface area contributed by atoms with Crippen molar-refractivity contribution in [1.29, 1.82) is 0 Å². The van der Waals surface area contributed by atoms with Crippen LogP contribution in [0.2, 0.25) is 0 Å². The number of unbranched alkanes of at least 4 members (excludes halogenated alkanes) is 1. The van der Waals surface area contributed by atoms with Crippen LogP contribution in [0.15, 0.2) is 28.8 Å². The molecule has 0 unspecified atom stereocenters. The van der Waals surface area contributed by atoms with Crippen molar-refractivity contribution in [1.82, 2.24) is 10.1 Å². The van der Waals surface area contributed by atoms with E-state index >= 15 is 0 Å². The van der Waals surface area contributed by atoms with E-state index in [2.05, 4.69) is 22.4 Å². The number of nitrogens with zero attached hydrogens (tertiary/aromatic N) is 2. The van der Waals surface area contributed by atoms with Crippen LogP contribution in [0.25, 0.3) is 11.5 Å². The normalized spacial score (nSPS) is 13.2. The van der Waals surface area contributed by atoms with Crippen molar-refractivity contribution in [3.63, 3.8) is 0 Å². The SMILES string of the molecule is CCCCOc1ccc(C(=O)Nc2sc3c(c2-c2nc(C)no2)CCOC3)cc1. The molecule has 1 aromatic carbocycles. The minimum Gasteiger partial charge on any atom is -0.494 e. The number of anilines is 1. The van der Waals surface area contributed by atoms with Gasteiger partial charge in [-0.1, -0.05) is 18.5 Å². The van der Waals surface area contributed by atoms with E-state index in [1.807, 2.05) is 12.1 Å². The van der Waals surface area contributed by atoms with Crippen LogP contribution in [0.4, 0.5) is 5.00 Å². The lowest BCUT2D eigenvalue weighted by atomic mass is 10.1. The largest absolute Gasteiger partial charge is 0.494 e. The first-order valence-corrected chi connectivity index (χ1v) is 10.5. The summed E-state index contributed by atoms with van der Waals surface area (Å²) in [6.45, 7) is 5.74. The lowest BCUT2D eigenvalue weighted by Crippen LogP contribution is -2.12. The number of rotatable bonds is 7. The van der Waals surface area contributed by atoms with Crippen molar-refractivity contribution in [2.45, 2.75) is 39.7 Å². The van der Waals surface area contributed by atoms with Gasteiger partial charge in [0.1, 0.15) is 10.8 Å². The van der Waals surface area contributed by atoms with Crippen LogP contribution in [0.3, 0.4) is 0 Å². The lowest BCUT2D eigenvalue weighted by Gasteiger charge is -2.12. The molecule has 0 saturated carbocycles. The summed E-state index contributed by atoms with van der Waals surface area (Å²) in [5, 5.41) is 7.63. The third kappa shape index (κ3) is 4.33. The minimum atomic E-state index is -0.192. The Labute approximate surface area is 173 Å². The van der Waals surface area contributed by atoms with E-state index in [0.717, 1.165) is 41.0 Å². The summed E-state index contributed by atoms with van der Waals surface area (Å²) in [6.07, 6.45) is 2.84. The predicted octanol–water partition coefficient (Wildman–Crippen LogP) is 4.61. The molecule has 0 fully saturated rings. The van der Waals surface area contributed by atoms with Crippen LogP contribution in [0.1, 0.15) is 46.4 Å². The van der Waals surface area contributed by atoms with Crippen LogP contribution in [-0.4, -0.2) is 29.3 Å². The van der Waals surface area contributed by atoms with Crippen molar-refractivity contribution in [3.8, 4) is 17.2 Å². The first-order chi connectivity index (χ1) is 14.2. The van der Waals surface area contributed by atoms with Gasteiger partial charge in [-0.05, 0) is 49.6 Å². The molecule has 1 N–H and O–H groups in total. The summed E-state index contributed by atoms with van der Waals surface area (Å²) < 4.78 is 16.6. The molecule has 0 aliphatic carbocycles. The van der Waals surface area contributed by atoms with E-state index in [4.69, 9.17) is 14.0 Å². The Bertz CT molecular complexity index is 994. The molecule has 152 valence electrons. The smallest absolute Gasteiger partial charge is 0.261 e. The van der Waals surface area contributed by atoms with Crippen LogP contribution in [-0.2, 0) is 17.8 Å². The topological polar surface area (TPSA) is 86.5 Å². The van der Waals surface area contributed by atoms with Gasteiger partial charge in [0, 0.05) is 10.4 Å². The molecule has 0 saturated heterocycles. The maximum absolute atomic E-state index is 12.8. The van der Waals surface area contributed by atoms with Gasteiger partial charge in [0.2, 0.25) is 0 Å². The predicted molar refractivity (Wildman–Crippen MR) is 111 cm³/mol. The van der Waals surface area contributed by atoms with Gasteiger partial charge in [-0.3, -0.25) is 4.79 Å². The molecule has 4 rings (SSSR count). The number of hydrogen-bond acceptors (Lipinski definition) is 7. The fourth-order valence-electron chi connectivity index (χ4n) is 3.16. The van der Waals surface area contributed by atoms with Gasteiger partial charge in [-0.2, -0.15) is 4.98 Å². The van der Waals surface area contributed by atoms with E-state index in [1.54, 1.807) is 19.1 Å². The van der Waals surface area contributed by atoms with Gasteiger partial charge in [0.25, 0.3) is 11.8 Å². The Morgan fingerprint density at radius 1 is 1.31 bits per heavy atom. The number of aryl methyl sites for hydroxylation is 1. The number of benzene rings is 1. The minimum absolute atomic E-state index is 0.192. The molecule has 3 aromatic rings. The molecule has 3 heterocycles. The molecule has 29 heavy (non-hydrogen) atoms. The van der Waals surface area contributed by atoms with Crippen molar-refractivity contribution >= 4 is 22.2 Å². The van der Waals surface area contributed by atoms with Crippen molar-refractivity contribution in [2.24, 2.45) is 0 Å². The molecule has 0 spiro atoms. The molecule has 7 nitrogen and oxygen atoms in total. The van der Waals surface area contributed by atoms with Crippen LogP contribution in [0.5, 0.6) is 5.75 Å². The number of amides is 1. The zero-order chi connectivity index (χ0) is 20.2. The van der Waals surface area contributed by atoms with Crippen LogP contribution >= 0.6 is 11.3 Å². The van der Waals surface area contributed by atoms with Crippen molar-refractivity contribution in [3.05, 3.63) is 46.1 Å². The Balaban J connectivity index is 1.56. The van der Waals surface area contributed by atoms with Gasteiger partial charge < -0.3 is 19.3 Å². The second-order valence-electron chi connectivity index (χ2n) is 6.84. The maximum Gasteiger partial charge on any atom is 0.261 e. The number of ether oxygens (including phenoxy) is 2. The Hall–Kier alpha value is -2.71. The molecule has 0 bridgehead atoms. The van der Waals surface area contributed by atoms with Gasteiger partial charge in [0.15, 0.2) is 5.82 Å². The highest BCUT2D eigenvalue weighted by molar-refractivity contribution is 7.17. The van der Waals surface area contributed by atoms with Crippen molar-refractivity contribution in [2.75, 3.05) is 18.5 Å². The number of thiophene rings is 1. The number of nitrogens with one attached hydrogen (secondary N) is 1. The summed E-state index contributed by atoms with van der Waals surface area (Å²) in [4.78, 5) is 18.3. The quantitative estimate of drug-likeness (QED) is 0.569.